The van der Waals surface area contributed by atoms with Crippen LogP contribution in [-0.2, 0) is 13.9 Å². The Balaban J connectivity index is 2.05. The lowest BCUT2D eigenvalue weighted by molar-refractivity contribution is -0.175. The van der Waals surface area contributed by atoms with Gasteiger partial charge in [-0.25, -0.2) is 0 Å². The van der Waals surface area contributed by atoms with Crippen LogP contribution >= 0.6 is 0 Å². The molecule has 1 saturated heterocycles. The van der Waals surface area contributed by atoms with Gasteiger partial charge in [-0.2, -0.15) is 0 Å². The van der Waals surface area contributed by atoms with E-state index in [1.54, 1.807) is 6.08 Å². The highest BCUT2D eigenvalue weighted by Crippen LogP contribution is 2.39. The topological polar surface area (TPSA) is 47.9 Å². The first-order valence-electron chi connectivity index (χ1n) is 10.9. The number of benzene rings is 2. The van der Waals surface area contributed by atoms with Gasteiger partial charge in [-0.05, 0) is 35.7 Å². The first-order chi connectivity index (χ1) is 14.5. The molecule has 1 fully saturated rings. The van der Waals surface area contributed by atoms with E-state index in [0.717, 1.165) is 0 Å². The molecule has 0 unspecified atom stereocenters. The van der Waals surface area contributed by atoms with Crippen molar-refractivity contribution in [2.24, 2.45) is 0 Å². The molecule has 0 saturated carbocycles. The Labute approximate surface area is 188 Å². The molecule has 31 heavy (non-hydrogen) atoms. The molecule has 2 aromatic rings. The highest BCUT2D eigenvalue weighted by atomic mass is 28.4. The van der Waals surface area contributed by atoms with E-state index >= 15 is 0 Å². The van der Waals surface area contributed by atoms with Crippen LogP contribution in [0.2, 0.25) is 5.04 Å². The third-order valence-corrected chi connectivity index (χ3v) is 11.0. The highest BCUT2D eigenvalue weighted by Gasteiger charge is 2.53. The molecule has 5 heteroatoms. The van der Waals surface area contributed by atoms with Crippen molar-refractivity contribution in [1.82, 2.24) is 0 Å². The van der Waals surface area contributed by atoms with Crippen molar-refractivity contribution in [3.8, 4) is 0 Å². The van der Waals surface area contributed by atoms with E-state index in [2.05, 4.69) is 75.9 Å². The molecule has 0 spiro atoms. The number of ether oxygens (including phenoxy) is 2. The predicted molar refractivity (Wildman–Crippen MR) is 128 cm³/mol. The van der Waals surface area contributed by atoms with E-state index in [4.69, 9.17) is 13.9 Å². The summed E-state index contributed by atoms with van der Waals surface area (Å²) in [5, 5.41) is 13.9. The van der Waals surface area contributed by atoms with Crippen LogP contribution in [0.1, 0.15) is 41.0 Å². The Kier molecular flexibility index (Phi) is 6.94. The predicted octanol–water partition coefficient (Wildman–Crippen LogP) is 4.02. The van der Waals surface area contributed by atoms with Gasteiger partial charge in [0.25, 0.3) is 8.32 Å². The average Bonchev–Trinajstić information content (AvgIpc) is 3.10. The summed E-state index contributed by atoms with van der Waals surface area (Å²) < 4.78 is 18.8. The van der Waals surface area contributed by atoms with Crippen LogP contribution in [0.15, 0.2) is 73.3 Å². The molecule has 1 aliphatic heterocycles. The van der Waals surface area contributed by atoms with Crippen LogP contribution in [0, 0.1) is 0 Å². The number of hydrogen-bond donors (Lipinski definition) is 1. The lowest BCUT2D eigenvalue weighted by atomic mass is 9.94. The summed E-state index contributed by atoms with van der Waals surface area (Å²) in [7, 11) is -2.77. The van der Waals surface area contributed by atoms with Crippen molar-refractivity contribution in [3.05, 3.63) is 73.3 Å². The molecule has 0 aromatic heterocycles. The maximum atomic E-state index is 11.7. The molecule has 0 amide bonds. The summed E-state index contributed by atoms with van der Waals surface area (Å²) >= 11 is 0. The molecule has 3 rings (SSSR count). The van der Waals surface area contributed by atoms with Crippen molar-refractivity contribution in [1.29, 1.82) is 0 Å². The first kappa shape index (κ1) is 23.9. The Hall–Kier alpha value is -1.76. The summed E-state index contributed by atoms with van der Waals surface area (Å²) in [6.45, 7) is 14.7. The quantitative estimate of drug-likeness (QED) is 0.497. The van der Waals surface area contributed by atoms with Gasteiger partial charge >= 0.3 is 0 Å². The van der Waals surface area contributed by atoms with E-state index in [0.29, 0.717) is 13.0 Å². The first-order valence-corrected chi connectivity index (χ1v) is 12.8. The van der Waals surface area contributed by atoms with Gasteiger partial charge in [0, 0.05) is 0 Å². The zero-order chi connectivity index (χ0) is 22.8. The standard InChI is InChI=1S/C26H36O4Si/c1-7-18-26(27,23-19-28-25(5,6)30-23)20-29-31(24(2,3)4,21-14-10-8-11-15-21)22-16-12-9-13-17-22/h7-17,23,27H,1,18-20H2,2-6H3/t23-,26+/m0/s1. The van der Waals surface area contributed by atoms with Gasteiger partial charge in [0.05, 0.1) is 13.2 Å². The minimum Gasteiger partial charge on any atom is -0.404 e. The monoisotopic (exact) mass is 440 g/mol. The fourth-order valence-electron chi connectivity index (χ4n) is 4.48. The van der Waals surface area contributed by atoms with Crippen molar-refractivity contribution >= 4 is 18.7 Å². The van der Waals surface area contributed by atoms with Crippen LogP contribution in [0.3, 0.4) is 0 Å². The molecule has 0 bridgehead atoms. The van der Waals surface area contributed by atoms with Crippen molar-refractivity contribution < 1.29 is 19.0 Å². The summed E-state index contributed by atoms with van der Waals surface area (Å²) in [6, 6.07) is 20.9. The van der Waals surface area contributed by atoms with Crippen molar-refractivity contribution in [2.75, 3.05) is 13.2 Å². The summed E-state index contributed by atoms with van der Waals surface area (Å²) in [6.07, 6.45) is 1.59. The fourth-order valence-corrected chi connectivity index (χ4v) is 9.10. The molecule has 2 atom stereocenters. The number of hydrogen-bond acceptors (Lipinski definition) is 4. The van der Waals surface area contributed by atoms with Gasteiger partial charge in [0.2, 0.25) is 0 Å². The van der Waals surface area contributed by atoms with E-state index in [1.807, 2.05) is 26.0 Å². The molecule has 168 valence electrons. The van der Waals surface area contributed by atoms with Crippen LogP contribution in [-0.4, -0.2) is 44.1 Å². The van der Waals surface area contributed by atoms with Gasteiger partial charge in [-0.1, -0.05) is 87.5 Å². The van der Waals surface area contributed by atoms with E-state index < -0.39 is 25.8 Å². The number of rotatable bonds is 8. The Bertz CT molecular complexity index is 820. The second kappa shape index (κ2) is 9.00. The molecule has 0 radical (unpaired) electrons. The molecule has 0 aliphatic carbocycles. The third kappa shape index (κ3) is 4.86. The second-order valence-corrected chi connectivity index (χ2v) is 14.2. The zero-order valence-corrected chi connectivity index (χ0v) is 20.4. The molecular weight excluding hydrogens is 404 g/mol. The SMILES string of the molecule is C=CC[C@@](O)(CO[Si](c1ccccc1)(c1ccccc1)C(C)(C)C)[C@@H]1COC(C)(C)O1. The largest absolute Gasteiger partial charge is 0.404 e. The van der Waals surface area contributed by atoms with Gasteiger partial charge < -0.3 is 19.0 Å². The number of aliphatic hydroxyl groups is 1. The van der Waals surface area contributed by atoms with Gasteiger partial charge in [0.1, 0.15) is 11.7 Å². The summed E-state index contributed by atoms with van der Waals surface area (Å²) in [5.74, 6) is -0.725. The smallest absolute Gasteiger partial charge is 0.261 e. The van der Waals surface area contributed by atoms with Crippen LogP contribution in [0.4, 0.5) is 0 Å². The molecule has 1 N–H and O–H groups in total. The van der Waals surface area contributed by atoms with E-state index in [-0.39, 0.29) is 11.6 Å². The zero-order valence-electron chi connectivity index (χ0n) is 19.4. The Morgan fingerprint density at radius 1 is 1.06 bits per heavy atom. The molecule has 4 nitrogen and oxygen atoms in total. The minimum absolute atomic E-state index is 0.135. The fraction of sp³-hybridized carbons (Fsp3) is 0.462. The van der Waals surface area contributed by atoms with Gasteiger partial charge in [-0.3, -0.25) is 0 Å². The van der Waals surface area contributed by atoms with Crippen molar-refractivity contribution in [2.45, 2.75) is 63.6 Å². The van der Waals surface area contributed by atoms with Crippen molar-refractivity contribution in [3.63, 3.8) is 0 Å². The normalized spacial score (nSPS) is 20.9. The summed E-state index contributed by atoms with van der Waals surface area (Å²) in [4.78, 5) is 0. The molecule has 1 heterocycles. The Morgan fingerprint density at radius 2 is 1.58 bits per heavy atom. The molecule has 1 aliphatic rings. The average molecular weight is 441 g/mol. The van der Waals surface area contributed by atoms with E-state index in [9.17, 15) is 5.11 Å². The summed E-state index contributed by atoms with van der Waals surface area (Å²) in [5.41, 5.74) is -1.23. The third-order valence-electron chi connectivity index (χ3n) is 6.06. The lowest BCUT2D eigenvalue weighted by Crippen LogP contribution is -2.68. The maximum absolute atomic E-state index is 11.7. The maximum Gasteiger partial charge on any atom is 0.261 e. The minimum atomic E-state index is -2.77. The van der Waals surface area contributed by atoms with Crippen LogP contribution in [0.5, 0.6) is 0 Å². The van der Waals surface area contributed by atoms with Crippen LogP contribution < -0.4 is 10.4 Å². The molecule has 2 aromatic carbocycles. The van der Waals surface area contributed by atoms with Gasteiger partial charge in [-0.15, -0.1) is 6.58 Å². The molecular formula is C26H36O4Si. The van der Waals surface area contributed by atoms with Gasteiger partial charge in [0.15, 0.2) is 5.79 Å². The lowest BCUT2D eigenvalue weighted by Gasteiger charge is -2.45. The highest BCUT2D eigenvalue weighted by molar-refractivity contribution is 6.99. The van der Waals surface area contributed by atoms with Crippen LogP contribution in [0.25, 0.3) is 0 Å². The second-order valence-electron chi connectivity index (χ2n) is 9.87. The Morgan fingerprint density at radius 3 is 1.97 bits per heavy atom. The van der Waals surface area contributed by atoms with E-state index in [1.165, 1.54) is 10.4 Å².